The van der Waals surface area contributed by atoms with Gasteiger partial charge in [0.1, 0.15) is 17.0 Å². The van der Waals surface area contributed by atoms with Crippen LogP contribution in [0.2, 0.25) is 5.02 Å². The highest BCUT2D eigenvalue weighted by atomic mass is 35.5. The van der Waals surface area contributed by atoms with E-state index < -0.39 is 0 Å². The van der Waals surface area contributed by atoms with E-state index in [-0.39, 0.29) is 7.43 Å². The van der Waals surface area contributed by atoms with E-state index in [1.54, 1.807) is 13.3 Å². The number of fused-ring (bicyclic) bond motifs is 1. The number of hydrogen-bond acceptors (Lipinski definition) is 4. The number of ether oxygens (including phenoxy) is 1. The van der Waals surface area contributed by atoms with Crippen LogP contribution in [0.5, 0.6) is 5.75 Å². The van der Waals surface area contributed by atoms with Crippen LogP contribution >= 0.6 is 11.6 Å². The molecule has 0 aliphatic carbocycles. The van der Waals surface area contributed by atoms with Crippen molar-refractivity contribution in [2.45, 2.75) is 7.43 Å². The summed E-state index contributed by atoms with van der Waals surface area (Å²) in [6.45, 7) is 0. The van der Waals surface area contributed by atoms with Gasteiger partial charge in [0.15, 0.2) is 5.82 Å². The zero-order valence-electron chi connectivity index (χ0n) is 13.5. The van der Waals surface area contributed by atoms with Crippen LogP contribution in [-0.2, 0) is 0 Å². The predicted octanol–water partition coefficient (Wildman–Crippen LogP) is 5.66. The average molecular weight is 364 g/mol. The number of nitrogens with zero attached hydrogens (tertiary/aromatic N) is 3. The van der Waals surface area contributed by atoms with Crippen molar-refractivity contribution in [1.82, 2.24) is 15.0 Å². The lowest BCUT2D eigenvalue weighted by molar-refractivity contribution is 0.415. The quantitative estimate of drug-likeness (QED) is 0.471. The Labute approximate surface area is 157 Å². The molecular weight excluding hydrogens is 346 g/mol. The maximum absolute atomic E-state index is 6.12. The van der Waals surface area contributed by atoms with Crippen molar-refractivity contribution in [2.24, 2.45) is 0 Å². The molecule has 0 radical (unpaired) electrons. The monoisotopic (exact) mass is 363 g/mol. The molecule has 0 fully saturated rings. The molecule has 0 bridgehead atoms. The van der Waals surface area contributed by atoms with E-state index in [2.05, 4.69) is 9.97 Å². The number of halogens is 1. The fourth-order valence-corrected chi connectivity index (χ4v) is 2.83. The van der Waals surface area contributed by atoms with Gasteiger partial charge in [0.05, 0.1) is 17.6 Å². The minimum absolute atomic E-state index is 0. The molecule has 5 heteroatoms. The topological polar surface area (TPSA) is 47.9 Å². The molecule has 2 heterocycles. The smallest absolute Gasteiger partial charge is 0.160 e. The summed E-state index contributed by atoms with van der Waals surface area (Å²) >= 11 is 6.12. The van der Waals surface area contributed by atoms with E-state index in [9.17, 15) is 0 Å². The maximum Gasteiger partial charge on any atom is 0.160 e. The first-order chi connectivity index (χ1) is 12.2. The largest absolute Gasteiger partial charge is 0.497 e. The van der Waals surface area contributed by atoms with Crippen LogP contribution in [-0.4, -0.2) is 22.1 Å². The third kappa shape index (κ3) is 3.37. The molecule has 0 aliphatic rings. The van der Waals surface area contributed by atoms with E-state index in [0.29, 0.717) is 16.4 Å². The number of benzene rings is 2. The Morgan fingerprint density at radius 2 is 1.65 bits per heavy atom. The third-order valence-corrected chi connectivity index (χ3v) is 4.08. The maximum atomic E-state index is 6.12. The molecule has 0 atom stereocenters. The van der Waals surface area contributed by atoms with Crippen molar-refractivity contribution in [3.05, 3.63) is 71.9 Å². The zero-order chi connectivity index (χ0) is 17.2. The molecule has 4 aromatic rings. The molecule has 4 nitrogen and oxygen atoms in total. The number of rotatable bonds is 3. The molecule has 0 saturated carbocycles. The molecule has 2 aromatic heterocycles. The molecule has 0 spiro atoms. The molecule has 0 N–H and O–H groups in total. The molecule has 2 aromatic carbocycles. The standard InChI is InChI=1S/C20H14ClN3O.CH4/c1-25-16-9-5-8-14(10-16)20-23-17-11-15(21)12-22-19(17)18(24-20)13-6-3-2-4-7-13;/h2-12H,1H3;1H4. The molecule has 4 rings (SSSR count). The SMILES string of the molecule is C.COc1cccc(-c2nc(-c3ccccc3)c3ncc(Cl)cc3n2)c1. The van der Waals surface area contributed by atoms with Crippen LogP contribution in [0.1, 0.15) is 7.43 Å². The minimum atomic E-state index is 0. The summed E-state index contributed by atoms with van der Waals surface area (Å²) < 4.78 is 5.31. The van der Waals surface area contributed by atoms with Crippen LogP contribution < -0.4 is 4.74 Å². The predicted molar refractivity (Wildman–Crippen MR) is 106 cm³/mol. The molecule has 0 amide bonds. The van der Waals surface area contributed by atoms with Crippen molar-refractivity contribution >= 4 is 22.6 Å². The first-order valence-corrected chi connectivity index (χ1v) is 8.15. The van der Waals surface area contributed by atoms with Crippen molar-refractivity contribution in [2.75, 3.05) is 7.11 Å². The second kappa shape index (κ2) is 7.50. The summed E-state index contributed by atoms with van der Waals surface area (Å²) in [7, 11) is 1.64. The summed E-state index contributed by atoms with van der Waals surface area (Å²) in [5, 5.41) is 0.543. The summed E-state index contributed by atoms with van der Waals surface area (Å²) in [5.74, 6) is 1.36. The normalized spacial score (nSPS) is 10.4. The fraction of sp³-hybridized carbons (Fsp3) is 0.0952. The molecule has 130 valence electrons. The van der Waals surface area contributed by atoms with Gasteiger partial charge in [0.2, 0.25) is 0 Å². The van der Waals surface area contributed by atoms with Gasteiger partial charge < -0.3 is 4.74 Å². The van der Waals surface area contributed by atoms with Gasteiger partial charge in [-0.3, -0.25) is 4.98 Å². The van der Waals surface area contributed by atoms with E-state index >= 15 is 0 Å². The molecular formula is C21H18ClN3O. The Hall–Kier alpha value is -2.98. The Morgan fingerprint density at radius 1 is 0.885 bits per heavy atom. The van der Waals surface area contributed by atoms with Gasteiger partial charge in [-0.05, 0) is 18.2 Å². The van der Waals surface area contributed by atoms with E-state index in [1.807, 2.05) is 60.7 Å². The average Bonchev–Trinajstić information content (AvgIpc) is 2.67. The first-order valence-electron chi connectivity index (χ1n) is 7.78. The lowest BCUT2D eigenvalue weighted by Crippen LogP contribution is -1.97. The van der Waals surface area contributed by atoms with Gasteiger partial charge in [0, 0.05) is 17.3 Å². The molecule has 0 saturated heterocycles. The first kappa shape index (κ1) is 17.8. The lowest BCUT2D eigenvalue weighted by atomic mass is 10.1. The van der Waals surface area contributed by atoms with E-state index in [1.165, 1.54) is 0 Å². The highest BCUT2D eigenvalue weighted by molar-refractivity contribution is 6.31. The Balaban J connectivity index is 0.00000196. The molecule has 0 aliphatic heterocycles. The second-order valence-corrected chi connectivity index (χ2v) is 5.95. The zero-order valence-corrected chi connectivity index (χ0v) is 14.2. The van der Waals surface area contributed by atoms with Crippen LogP contribution in [0.15, 0.2) is 66.9 Å². The minimum Gasteiger partial charge on any atom is -0.497 e. The van der Waals surface area contributed by atoms with Crippen LogP contribution in [0.4, 0.5) is 0 Å². The number of methoxy groups -OCH3 is 1. The fourth-order valence-electron chi connectivity index (χ4n) is 2.68. The van der Waals surface area contributed by atoms with Crippen LogP contribution in [0.25, 0.3) is 33.7 Å². The van der Waals surface area contributed by atoms with Crippen LogP contribution in [0.3, 0.4) is 0 Å². The third-order valence-electron chi connectivity index (χ3n) is 3.88. The Bertz CT molecular complexity index is 1050. The van der Waals surface area contributed by atoms with Crippen molar-refractivity contribution in [3.8, 4) is 28.4 Å². The number of hydrogen-bond donors (Lipinski definition) is 0. The molecule has 0 unspecified atom stereocenters. The number of pyridine rings is 1. The van der Waals surface area contributed by atoms with Crippen molar-refractivity contribution in [1.29, 1.82) is 0 Å². The molecule has 26 heavy (non-hydrogen) atoms. The van der Waals surface area contributed by atoms with Gasteiger partial charge in [-0.2, -0.15) is 0 Å². The van der Waals surface area contributed by atoms with Crippen molar-refractivity contribution < 1.29 is 4.74 Å². The summed E-state index contributed by atoms with van der Waals surface area (Å²) in [6, 6.07) is 19.4. The van der Waals surface area contributed by atoms with Gasteiger partial charge in [-0.25, -0.2) is 9.97 Å². The highest BCUT2D eigenvalue weighted by Gasteiger charge is 2.13. The van der Waals surface area contributed by atoms with E-state index in [4.69, 9.17) is 21.3 Å². The van der Waals surface area contributed by atoms with E-state index in [0.717, 1.165) is 28.1 Å². The Morgan fingerprint density at radius 3 is 2.42 bits per heavy atom. The summed E-state index contributed by atoms with van der Waals surface area (Å²) in [4.78, 5) is 13.9. The van der Waals surface area contributed by atoms with Gasteiger partial charge in [-0.1, -0.05) is 61.5 Å². The van der Waals surface area contributed by atoms with Crippen LogP contribution in [0, 0.1) is 0 Å². The highest BCUT2D eigenvalue weighted by Crippen LogP contribution is 2.29. The van der Waals surface area contributed by atoms with Gasteiger partial charge in [0.25, 0.3) is 0 Å². The summed E-state index contributed by atoms with van der Waals surface area (Å²) in [5.41, 5.74) is 4.06. The lowest BCUT2D eigenvalue weighted by Gasteiger charge is -2.09. The second-order valence-electron chi connectivity index (χ2n) is 5.52. The van der Waals surface area contributed by atoms with Gasteiger partial charge >= 0.3 is 0 Å². The Kier molecular flexibility index (Phi) is 5.14. The summed E-state index contributed by atoms with van der Waals surface area (Å²) in [6.07, 6.45) is 1.62. The van der Waals surface area contributed by atoms with Gasteiger partial charge in [-0.15, -0.1) is 0 Å². The number of aromatic nitrogens is 3. The van der Waals surface area contributed by atoms with Crippen molar-refractivity contribution in [3.63, 3.8) is 0 Å².